The number of nitrogens with zero attached hydrogens (tertiary/aromatic N) is 3. The highest BCUT2D eigenvalue weighted by Gasteiger charge is 2.45. The minimum Gasteiger partial charge on any atom is -0.494 e. The van der Waals surface area contributed by atoms with Crippen LogP contribution in [0.15, 0.2) is 14.6 Å². The van der Waals surface area contributed by atoms with Gasteiger partial charge in [0, 0.05) is 19.5 Å². The van der Waals surface area contributed by atoms with Crippen molar-refractivity contribution in [3.8, 4) is 5.88 Å². The van der Waals surface area contributed by atoms with Crippen molar-refractivity contribution in [2.45, 2.75) is 64.3 Å². The monoisotopic (exact) mass is 429 g/mol. The molecule has 0 aromatic carbocycles. The Labute approximate surface area is 173 Å². The van der Waals surface area contributed by atoms with Gasteiger partial charge in [0.25, 0.3) is 5.56 Å². The zero-order chi connectivity index (χ0) is 23.0. The van der Waals surface area contributed by atoms with Crippen LogP contribution in [-0.4, -0.2) is 77.6 Å². The number of aromatic nitrogens is 2. The molecule has 1 unspecified atom stereocenters. The molecule has 0 radical (unpaired) electrons. The molecule has 0 saturated carbocycles. The van der Waals surface area contributed by atoms with Crippen molar-refractivity contribution < 1.29 is 30.3 Å². The molecule has 0 bridgehead atoms. The molecule has 11 nitrogen and oxygen atoms in total. The minimum atomic E-state index is -1.67. The lowest BCUT2D eigenvalue weighted by Gasteiger charge is -2.39. The molecule has 1 fully saturated rings. The molecule has 5 atom stereocenters. The molecule has 2 heterocycles. The maximum atomic E-state index is 12.9. The molecule has 1 aromatic heterocycles. The molecule has 0 spiro atoms. The Balaban J connectivity index is 2.76. The second-order valence-electron chi connectivity index (χ2n) is 8.24. The van der Waals surface area contributed by atoms with Crippen LogP contribution < -0.4 is 11.2 Å². The molecule has 1 aliphatic rings. The summed E-state index contributed by atoms with van der Waals surface area (Å²) in [6.07, 6.45) is -4.78. The van der Waals surface area contributed by atoms with Gasteiger partial charge in [-0.3, -0.25) is 18.9 Å². The molecule has 0 amide bonds. The van der Waals surface area contributed by atoms with Gasteiger partial charge >= 0.3 is 5.69 Å². The predicted octanol–water partition coefficient (Wildman–Crippen LogP) is -1.80. The van der Waals surface area contributed by atoms with E-state index in [9.17, 15) is 35.1 Å². The highest BCUT2D eigenvalue weighted by Crippen LogP contribution is 2.32. The first-order valence-corrected chi connectivity index (χ1v) is 9.77. The molecule has 1 aromatic rings. The molecule has 30 heavy (non-hydrogen) atoms. The van der Waals surface area contributed by atoms with Crippen molar-refractivity contribution in [1.29, 1.82) is 0 Å². The normalized spacial score (nSPS) is 28.0. The maximum absolute atomic E-state index is 12.9. The molecule has 5 N–H and O–H groups in total. The number of rotatable bonds is 6. The number of aliphatic hydroxyl groups excluding tert-OH is 4. The molecule has 2 rings (SSSR count). The third kappa shape index (κ3) is 4.21. The summed E-state index contributed by atoms with van der Waals surface area (Å²) in [5.41, 5.74) is -2.51. The van der Waals surface area contributed by atoms with Gasteiger partial charge < -0.3 is 30.3 Å². The van der Waals surface area contributed by atoms with Crippen LogP contribution in [-0.2, 0) is 18.8 Å². The topological polar surface area (TPSA) is 167 Å². The summed E-state index contributed by atoms with van der Waals surface area (Å²) >= 11 is 0. The van der Waals surface area contributed by atoms with Crippen LogP contribution in [0.1, 0.15) is 39.2 Å². The van der Waals surface area contributed by atoms with E-state index in [1.807, 2.05) is 6.92 Å². The van der Waals surface area contributed by atoms with Gasteiger partial charge in [-0.1, -0.05) is 27.2 Å². The zero-order valence-electron chi connectivity index (χ0n) is 17.8. The van der Waals surface area contributed by atoms with E-state index in [1.54, 1.807) is 13.8 Å². The van der Waals surface area contributed by atoms with Crippen molar-refractivity contribution in [1.82, 2.24) is 9.13 Å². The zero-order valence-corrected chi connectivity index (χ0v) is 17.8. The van der Waals surface area contributed by atoms with Crippen LogP contribution in [0, 0.1) is 5.41 Å². The van der Waals surface area contributed by atoms with Gasteiger partial charge in [-0.05, 0) is 6.42 Å². The van der Waals surface area contributed by atoms with E-state index < -0.39 is 59.8 Å². The van der Waals surface area contributed by atoms with E-state index in [-0.39, 0.29) is 11.3 Å². The highest BCUT2D eigenvalue weighted by molar-refractivity contribution is 6.05. The summed E-state index contributed by atoms with van der Waals surface area (Å²) < 4.78 is 6.88. The van der Waals surface area contributed by atoms with Crippen LogP contribution in [0.2, 0.25) is 0 Å². The SMILES string of the molecule is CCCC(C)(C)C(=N[C@H]1C(O)O[C@H](CO)[C@@H](O)[C@@H]1O)c1c(O)n(C)c(=O)n(C)c1=O. The Bertz CT molecular complexity index is 920. The first-order valence-electron chi connectivity index (χ1n) is 9.77. The lowest BCUT2D eigenvalue weighted by atomic mass is 9.79. The highest BCUT2D eigenvalue weighted by atomic mass is 16.6. The molecular weight excluding hydrogens is 398 g/mol. The van der Waals surface area contributed by atoms with Gasteiger partial charge in [0.15, 0.2) is 6.29 Å². The number of hydrogen-bond acceptors (Lipinski definition) is 9. The van der Waals surface area contributed by atoms with Crippen LogP contribution >= 0.6 is 0 Å². The number of aliphatic imine (C=N–C) groups is 1. The van der Waals surface area contributed by atoms with Crippen LogP contribution in [0.25, 0.3) is 0 Å². The van der Waals surface area contributed by atoms with Crippen LogP contribution in [0.5, 0.6) is 5.88 Å². The Kier molecular flexibility index (Phi) is 7.25. The molecule has 170 valence electrons. The Morgan fingerprint density at radius 1 is 1.13 bits per heavy atom. The first-order chi connectivity index (χ1) is 13.9. The maximum Gasteiger partial charge on any atom is 0.333 e. The lowest BCUT2D eigenvalue weighted by molar-refractivity contribution is -0.248. The van der Waals surface area contributed by atoms with Gasteiger partial charge in [-0.25, -0.2) is 4.79 Å². The van der Waals surface area contributed by atoms with Crippen molar-refractivity contribution >= 4 is 5.71 Å². The van der Waals surface area contributed by atoms with E-state index >= 15 is 0 Å². The van der Waals surface area contributed by atoms with E-state index in [0.717, 1.165) is 9.13 Å². The van der Waals surface area contributed by atoms with Crippen molar-refractivity contribution in [2.24, 2.45) is 24.5 Å². The second-order valence-corrected chi connectivity index (χ2v) is 8.24. The molecule has 11 heteroatoms. The van der Waals surface area contributed by atoms with Gasteiger partial charge in [0.1, 0.15) is 29.9 Å². The van der Waals surface area contributed by atoms with Crippen molar-refractivity contribution in [3.63, 3.8) is 0 Å². The summed E-state index contributed by atoms with van der Waals surface area (Å²) in [4.78, 5) is 29.4. The van der Waals surface area contributed by atoms with Gasteiger partial charge in [-0.15, -0.1) is 0 Å². The second kappa shape index (κ2) is 8.98. The summed E-state index contributed by atoms with van der Waals surface area (Å²) in [5.74, 6) is -0.597. The fourth-order valence-electron chi connectivity index (χ4n) is 3.73. The summed E-state index contributed by atoms with van der Waals surface area (Å²) in [7, 11) is 2.56. The number of aromatic hydroxyl groups is 1. The first kappa shape index (κ1) is 24.2. The van der Waals surface area contributed by atoms with Gasteiger partial charge in [0.05, 0.1) is 12.3 Å². The Morgan fingerprint density at radius 2 is 1.73 bits per heavy atom. The van der Waals surface area contributed by atoms with E-state index in [4.69, 9.17) is 4.74 Å². The average Bonchev–Trinajstić information content (AvgIpc) is 2.69. The van der Waals surface area contributed by atoms with E-state index in [1.165, 1.54) is 14.1 Å². The summed E-state index contributed by atoms with van der Waals surface area (Å²) in [6.45, 7) is 4.84. The lowest BCUT2D eigenvalue weighted by Crippen LogP contribution is -2.58. The smallest absolute Gasteiger partial charge is 0.333 e. The van der Waals surface area contributed by atoms with E-state index in [0.29, 0.717) is 12.8 Å². The summed E-state index contributed by atoms with van der Waals surface area (Å²) in [6, 6.07) is -1.39. The number of ether oxygens (including phenoxy) is 1. The third-order valence-corrected chi connectivity index (χ3v) is 5.53. The standard InChI is InChI=1S/C19H31N3O8/c1-6-7-19(2,3)14(10-15(26)21(4)18(29)22(5)16(10)27)20-11-13(25)12(24)9(8-23)30-17(11)28/h9,11-13,17,23-26,28H,6-8H2,1-5H3/t9-,11-,12-,13-,17?/m1/s1. The fraction of sp³-hybridized carbons (Fsp3) is 0.737. The third-order valence-electron chi connectivity index (χ3n) is 5.53. The molecule has 1 aliphatic heterocycles. The number of hydrogen-bond donors (Lipinski definition) is 5. The van der Waals surface area contributed by atoms with Gasteiger partial charge in [-0.2, -0.15) is 0 Å². The predicted molar refractivity (Wildman–Crippen MR) is 108 cm³/mol. The largest absolute Gasteiger partial charge is 0.494 e. The van der Waals surface area contributed by atoms with Gasteiger partial charge in [0.2, 0.25) is 5.88 Å². The average molecular weight is 429 g/mol. The quantitative estimate of drug-likeness (QED) is 0.330. The summed E-state index contributed by atoms with van der Waals surface area (Å²) in [5, 5.41) is 50.8. The van der Waals surface area contributed by atoms with Crippen molar-refractivity contribution in [3.05, 3.63) is 26.4 Å². The Morgan fingerprint density at radius 3 is 2.27 bits per heavy atom. The fourth-order valence-corrected chi connectivity index (χ4v) is 3.73. The number of aliphatic hydroxyl groups is 4. The minimum absolute atomic E-state index is 0.0550. The van der Waals surface area contributed by atoms with Crippen LogP contribution in [0.4, 0.5) is 0 Å². The molecule has 0 aliphatic carbocycles. The van der Waals surface area contributed by atoms with Crippen molar-refractivity contribution in [2.75, 3.05) is 6.61 Å². The molecular formula is C19H31N3O8. The van der Waals surface area contributed by atoms with Crippen LogP contribution in [0.3, 0.4) is 0 Å². The van der Waals surface area contributed by atoms with E-state index in [2.05, 4.69) is 4.99 Å². The molecule has 1 saturated heterocycles. The Hall–Kier alpha value is -2.05.